The summed E-state index contributed by atoms with van der Waals surface area (Å²) in [5.41, 5.74) is 3.23. The average molecular weight is 403 g/mol. The molecule has 5 nitrogen and oxygen atoms in total. The molecule has 2 aromatic carbocycles. The highest BCUT2D eigenvalue weighted by Gasteiger charge is 2.30. The zero-order chi connectivity index (χ0) is 20.9. The maximum Gasteiger partial charge on any atom is 0.244 e. The van der Waals surface area contributed by atoms with Crippen LogP contribution in [0.5, 0.6) is 0 Å². The molecule has 0 aliphatic rings. The molecule has 1 amide bonds. The average Bonchev–Trinajstić information content (AvgIpc) is 2.60. The van der Waals surface area contributed by atoms with Crippen molar-refractivity contribution in [3.05, 3.63) is 64.7 Å². The van der Waals surface area contributed by atoms with E-state index in [1.165, 1.54) is 4.31 Å². The highest BCUT2D eigenvalue weighted by Crippen LogP contribution is 2.26. The molecule has 0 heterocycles. The molecule has 0 aliphatic heterocycles. The number of sulfonamides is 1. The zero-order valence-electron chi connectivity index (χ0n) is 17.3. The van der Waals surface area contributed by atoms with Gasteiger partial charge in [0.1, 0.15) is 0 Å². The molecule has 1 atom stereocenters. The van der Waals surface area contributed by atoms with Gasteiger partial charge >= 0.3 is 0 Å². The van der Waals surface area contributed by atoms with Crippen LogP contribution < -0.4 is 5.32 Å². The number of rotatable bonds is 8. The van der Waals surface area contributed by atoms with Crippen molar-refractivity contribution >= 4 is 15.9 Å². The number of benzene rings is 2. The third kappa shape index (κ3) is 5.42. The maximum atomic E-state index is 13.5. The molecule has 1 N–H and O–H groups in total. The van der Waals surface area contributed by atoms with Crippen molar-refractivity contribution in [2.75, 3.05) is 6.54 Å². The minimum absolute atomic E-state index is 0.00312. The van der Waals surface area contributed by atoms with Crippen molar-refractivity contribution in [1.82, 2.24) is 9.62 Å². The van der Waals surface area contributed by atoms with Gasteiger partial charge in [-0.05, 0) is 50.8 Å². The van der Waals surface area contributed by atoms with Gasteiger partial charge < -0.3 is 5.32 Å². The molecule has 0 bridgehead atoms. The van der Waals surface area contributed by atoms with Crippen LogP contribution in [0, 0.1) is 20.8 Å². The highest BCUT2D eigenvalue weighted by molar-refractivity contribution is 7.89. The van der Waals surface area contributed by atoms with Gasteiger partial charge in [0.05, 0.1) is 11.4 Å². The molecule has 0 fully saturated rings. The second-order valence-electron chi connectivity index (χ2n) is 7.36. The standard InChI is InChI=1S/C22H30N2O3S/c1-6-19(5)23-21(25)15-24(14-20-10-8-7-9-11-20)28(26,27)22-17(3)12-16(2)13-18(22)4/h7-13,19H,6,14-15H2,1-5H3,(H,23,25)/t19-/m1/s1. The smallest absolute Gasteiger partial charge is 0.244 e. The largest absolute Gasteiger partial charge is 0.353 e. The SMILES string of the molecule is CC[C@@H](C)NC(=O)CN(Cc1ccccc1)S(=O)(=O)c1c(C)cc(C)cc1C. The lowest BCUT2D eigenvalue weighted by atomic mass is 10.1. The Hall–Kier alpha value is -2.18. The van der Waals surface area contributed by atoms with Gasteiger partial charge in [-0.2, -0.15) is 4.31 Å². The summed E-state index contributed by atoms with van der Waals surface area (Å²) in [6, 6.07) is 13.1. The van der Waals surface area contributed by atoms with Crippen molar-refractivity contribution in [3.8, 4) is 0 Å². The maximum absolute atomic E-state index is 13.5. The summed E-state index contributed by atoms with van der Waals surface area (Å²) in [6.07, 6.45) is 0.785. The highest BCUT2D eigenvalue weighted by atomic mass is 32.2. The van der Waals surface area contributed by atoms with Gasteiger partial charge in [0.25, 0.3) is 0 Å². The predicted molar refractivity (Wildman–Crippen MR) is 113 cm³/mol. The molecular weight excluding hydrogens is 372 g/mol. The number of amides is 1. The van der Waals surface area contributed by atoms with E-state index in [1.54, 1.807) is 13.8 Å². The van der Waals surface area contributed by atoms with E-state index in [1.807, 2.05) is 63.2 Å². The van der Waals surface area contributed by atoms with E-state index in [4.69, 9.17) is 0 Å². The minimum atomic E-state index is -3.84. The Kier molecular flexibility index (Phi) is 7.38. The molecular formula is C22H30N2O3S. The molecule has 2 aromatic rings. The van der Waals surface area contributed by atoms with Crippen LogP contribution in [-0.4, -0.2) is 31.2 Å². The molecule has 0 saturated carbocycles. The van der Waals surface area contributed by atoms with E-state index in [2.05, 4.69) is 5.32 Å². The molecule has 0 saturated heterocycles. The van der Waals surface area contributed by atoms with Crippen LogP contribution in [0.1, 0.15) is 42.5 Å². The van der Waals surface area contributed by atoms with Crippen molar-refractivity contribution in [1.29, 1.82) is 0 Å². The monoisotopic (exact) mass is 402 g/mol. The third-order valence-electron chi connectivity index (χ3n) is 4.74. The van der Waals surface area contributed by atoms with Crippen molar-refractivity contribution < 1.29 is 13.2 Å². The van der Waals surface area contributed by atoms with Gasteiger partial charge in [-0.3, -0.25) is 4.79 Å². The Morgan fingerprint density at radius 1 is 1.07 bits per heavy atom. The Bertz CT molecular complexity index is 901. The van der Waals surface area contributed by atoms with Gasteiger partial charge in [-0.15, -0.1) is 0 Å². The fourth-order valence-electron chi connectivity index (χ4n) is 3.30. The fourth-order valence-corrected chi connectivity index (χ4v) is 5.09. The zero-order valence-corrected chi connectivity index (χ0v) is 18.1. The summed E-state index contributed by atoms with van der Waals surface area (Å²) in [5.74, 6) is -0.295. The van der Waals surface area contributed by atoms with Crippen LogP contribution in [0.25, 0.3) is 0 Å². The Labute approximate surface area is 168 Å². The van der Waals surface area contributed by atoms with Crippen LogP contribution in [-0.2, 0) is 21.4 Å². The van der Waals surface area contributed by atoms with E-state index in [9.17, 15) is 13.2 Å². The van der Waals surface area contributed by atoms with E-state index in [-0.39, 0.29) is 29.9 Å². The topological polar surface area (TPSA) is 66.5 Å². The lowest BCUT2D eigenvalue weighted by molar-refractivity contribution is -0.122. The second-order valence-corrected chi connectivity index (χ2v) is 9.24. The molecule has 6 heteroatoms. The van der Waals surface area contributed by atoms with Crippen LogP contribution in [0.3, 0.4) is 0 Å². The summed E-state index contributed by atoms with van der Waals surface area (Å²) < 4.78 is 28.3. The lowest BCUT2D eigenvalue weighted by Crippen LogP contribution is -2.43. The number of nitrogens with one attached hydrogen (secondary N) is 1. The normalized spacial score (nSPS) is 12.8. The number of carbonyl (C=O) groups excluding carboxylic acids is 1. The molecule has 28 heavy (non-hydrogen) atoms. The molecule has 2 rings (SSSR count). The summed E-state index contributed by atoms with van der Waals surface area (Å²) >= 11 is 0. The number of hydrogen-bond donors (Lipinski definition) is 1. The first kappa shape index (κ1) is 22.1. The van der Waals surface area contributed by atoms with E-state index >= 15 is 0 Å². The molecule has 0 unspecified atom stereocenters. The summed E-state index contributed by atoms with van der Waals surface area (Å²) in [7, 11) is -3.84. The molecule has 152 valence electrons. The molecule has 0 aliphatic carbocycles. The van der Waals surface area contributed by atoms with Gasteiger partial charge in [0, 0.05) is 12.6 Å². The van der Waals surface area contributed by atoms with E-state index < -0.39 is 10.0 Å². The summed E-state index contributed by atoms with van der Waals surface area (Å²) in [6.45, 7) is 9.35. The number of carbonyl (C=O) groups is 1. The number of nitrogens with zero attached hydrogens (tertiary/aromatic N) is 1. The molecule has 0 spiro atoms. The van der Waals surface area contributed by atoms with Crippen LogP contribution in [0.2, 0.25) is 0 Å². The summed E-state index contributed by atoms with van der Waals surface area (Å²) in [4.78, 5) is 12.8. The second kappa shape index (κ2) is 9.34. The predicted octanol–water partition coefficient (Wildman–Crippen LogP) is 3.72. The summed E-state index contributed by atoms with van der Waals surface area (Å²) in [5, 5.41) is 2.86. The van der Waals surface area contributed by atoms with E-state index in [0.29, 0.717) is 11.1 Å². The van der Waals surface area contributed by atoms with Gasteiger partial charge in [0.2, 0.25) is 15.9 Å². The van der Waals surface area contributed by atoms with Crippen LogP contribution in [0.15, 0.2) is 47.4 Å². The number of hydrogen-bond acceptors (Lipinski definition) is 3. The van der Waals surface area contributed by atoms with E-state index in [0.717, 1.165) is 17.5 Å². The first-order valence-corrected chi connectivity index (χ1v) is 11.0. The quantitative estimate of drug-likeness (QED) is 0.732. The third-order valence-corrected chi connectivity index (χ3v) is 6.84. The van der Waals surface area contributed by atoms with Crippen LogP contribution in [0.4, 0.5) is 0 Å². The van der Waals surface area contributed by atoms with Crippen molar-refractivity contribution in [2.45, 2.75) is 58.5 Å². The van der Waals surface area contributed by atoms with Gasteiger partial charge in [0.15, 0.2) is 0 Å². The number of aryl methyl sites for hydroxylation is 3. The fraction of sp³-hybridized carbons (Fsp3) is 0.409. The first-order chi connectivity index (χ1) is 13.1. The molecule has 0 aromatic heterocycles. The van der Waals surface area contributed by atoms with Gasteiger partial charge in [-0.1, -0.05) is 55.0 Å². The lowest BCUT2D eigenvalue weighted by Gasteiger charge is -2.25. The minimum Gasteiger partial charge on any atom is -0.353 e. The first-order valence-electron chi connectivity index (χ1n) is 9.56. The van der Waals surface area contributed by atoms with Crippen molar-refractivity contribution in [2.24, 2.45) is 0 Å². The Balaban J connectivity index is 2.43. The molecule has 0 radical (unpaired) electrons. The van der Waals surface area contributed by atoms with Crippen LogP contribution >= 0.6 is 0 Å². The Morgan fingerprint density at radius 3 is 2.18 bits per heavy atom. The Morgan fingerprint density at radius 2 is 1.64 bits per heavy atom. The van der Waals surface area contributed by atoms with Crippen molar-refractivity contribution in [3.63, 3.8) is 0 Å². The van der Waals surface area contributed by atoms with Gasteiger partial charge in [-0.25, -0.2) is 8.42 Å².